The van der Waals surface area contributed by atoms with E-state index < -0.39 is 6.10 Å². The van der Waals surface area contributed by atoms with Crippen molar-refractivity contribution < 1.29 is 19.0 Å². The normalized spacial score (nSPS) is 14.8. The van der Waals surface area contributed by atoms with Crippen molar-refractivity contribution in [1.29, 1.82) is 0 Å². The number of ether oxygens (including phenoxy) is 2. The molecule has 0 aliphatic heterocycles. The van der Waals surface area contributed by atoms with Gasteiger partial charge < -0.3 is 19.9 Å². The van der Waals surface area contributed by atoms with E-state index in [-0.39, 0.29) is 17.9 Å². The summed E-state index contributed by atoms with van der Waals surface area (Å²) in [6, 6.07) is 11.5. The molecule has 0 saturated heterocycles. The molecule has 0 aliphatic rings. The maximum Gasteiger partial charge on any atom is 0.131 e. The van der Waals surface area contributed by atoms with Gasteiger partial charge in [0.15, 0.2) is 0 Å². The summed E-state index contributed by atoms with van der Waals surface area (Å²) in [5, 5.41) is 13.7. The molecule has 0 radical (unpaired) electrons. The molecule has 0 aromatic heterocycles. The predicted molar refractivity (Wildman–Crippen MR) is 91.9 cm³/mol. The lowest BCUT2D eigenvalue weighted by atomic mass is 10.0. The second-order valence-corrected chi connectivity index (χ2v) is 5.78. The summed E-state index contributed by atoms with van der Waals surface area (Å²) in [6.07, 6.45) is -0.709. The molecule has 0 aliphatic carbocycles. The lowest BCUT2D eigenvalue weighted by Gasteiger charge is -2.25. The van der Waals surface area contributed by atoms with Crippen LogP contribution in [0.4, 0.5) is 4.39 Å². The Balaban J connectivity index is 2.05. The molecule has 24 heavy (non-hydrogen) atoms. The molecule has 5 heteroatoms. The molecule has 130 valence electrons. The Morgan fingerprint density at radius 2 is 1.54 bits per heavy atom. The molecule has 0 heterocycles. The van der Waals surface area contributed by atoms with Crippen LogP contribution in [0, 0.1) is 5.82 Å². The number of rotatable bonds is 7. The van der Waals surface area contributed by atoms with Crippen LogP contribution >= 0.6 is 0 Å². The van der Waals surface area contributed by atoms with E-state index in [0.29, 0.717) is 11.3 Å². The van der Waals surface area contributed by atoms with E-state index in [1.807, 2.05) is 26.0 Å². The maximum absolute atomic E-state index is 14.1. The molecule has 0 spiro atoms. The van der Waals surface area contributed by atoms with Crippen LogP contribution in [0.1, 0.15) is 37.1 Å². The number of halogens is 1. The largest absolute Gasteiger partial charge is 0.497 e. The minimum Gasteiger partial charge on any atom is -0.497 e. The van der Waals surface area contributed by atoms with E-state index in [0.717, 1.165) is 11.3 Å². The van der Waals surface area contributed by atoms with Gasteiger partial charge in [-0.05, 0) is 37.6 Å². The summed E-state index contributed by atoms with van der Waals surface area (Å²) in [4.78, 5) is 0. The summed E-state index contributed by atoms with van der Waals surface area (Å²) in [6.45, 7) is 3.73. The van der Waals surface area contributed by atoms with Gasteiger partial charge in [0.2, 0.25) is 0 Å². The Morgan fingerprint density at radius 3 is 2.08 bits per heavy atom. The molecule has 2 aromatic rings. The van der Waals surface area contributed by atoms with Crippen LogP contribution in [0.15, 0.2) is 42.5 Å². The van der Waals surface area contributed by atoms with E-state index in [4.69, 9.17) is 9.47 Å². The van der Waals surface area contributed by atoms with Crippen molar-refractivity contribution in [2.45, 2.75) is 32.0 Å². The van der Waals surface area contributed by atoms with Crippen LogP contribution in [0.25, 0.3) is 0 Å². The third kappa shape index (κ3) is 4.24. The van der Waals surface area contributed by atoms with E-state index in [9.17, 15) is 9.50 Å². The monoisotopic (exact) mass is 333 g/mol. The fraction of sp³-hybridized carbons (Fsp3) is 0.368. The Morgan fingerprint density at radius 1 is 0.958 bits per heavy atom. The van der Waals surface area contributed by atoms with Gasteiger partial charge in [-0.3, -0.25) is 0 Å². The Bertz CT molecular complexity index is 660. The van der Waals surface area contributed by atoms with Crippen LogP contribution in [0.5, 0.6) is 11.5 Å². The average molecular weight is 333 g/mol. The molecule has 3 atom stereocenters. The summed E-state index contributed by atoms with van der Waals surface area (Å²) in [7, 11) is 3.10. The first-order chi connectivity index (χ1) is 11.5. The third-order valence-corrected chi connectivity index (χ3v) is 4.12. The van der Waals surface area contributed by atoms with Crippen LogP contribution in [0.3, 0.4) is 0 Å². The number of hydrogen-bond acceptors (Lipinski definition) is 4. The Kier molecular flexibility index (Phi) is 6.17. The highest BCUT2D eigenvalue weighted by atomic mass is 19.1. The van der Waals surface area contributed by atoms with Gasteiger partial charge >= 0.3 is 0 Å². The summed E-state index contributed by atoms with van der Waals surface area (Å²) < 4.78 is 24.3. The van der Waals surface area contributed by atoms with Gasteiger partial charge in [-0.25, -0.2) is 4.39 Å². The van der Waals surface area contributed by atoms with E-state index >= 15 is 0 Å². The molecule has 0 amide bonds. The first kappa shape index (κ1) is 18.2. The molecule has 2 aromatic carbocycles. The Hall–Kier alpha value is -2.11. The first-order valence-electron chi connectivity index (χ1n) is 7.87. The average Bonchev–Trinajstić information content (AvgIpc) is 2.60. The summed E-state index contributed by atoms with van der Waals surface area (Å²) in [5.74, 6) is 0.885. The van der Waals surface area contributed by atoms with Crippen molar-refractivity contribution in [3.8, 4) is 11.5 Å². The molecular formula is C19H24FNO3. The number of benzene rings is 2. The van der Waals surface area contributed by atoms with E-state index in [1.165, 1.54) is 13.2 Å². The van der Waals surface area contributed by atoms with Gasteiger partial charge in [0.05, 0.1) is 20.3 Å². The molecule has 0 saturated carbocycles. The zero-order valence-electron chi connectivity index (χ0n) is 14.4. The second kappa shape index (κ2) is 8.13. The highest BCUT2D eigenvalue weighted by Gasteiger charge is 2.20. The van der Waals surface area contributed by atoms with Crippen LogP contribution < -0.4 is 14.8 Å². The number of hydrogen-bond donors (Lipinski definition) is 2. The molecule has 2 N–H and O–H groups in total. The van der Waals surface area contributed by atoms with Crippen molar-refractivity contribution in [2.75, 3.05) is 14.2 Å². The van der Waals surface area contributed by atoms with Crippen LogP contribution in [-0.2, 0) is 0 Å². The maximum atomic E-state index is 14.1. The van der Waals surface area contributed by atoms with Crippen LogP contribution in [0.2, 0.25) is 0 Å². The number of aliphatic hydroxyl groups excluding tert-OH is 1. The third-order valence-electron chi connectivity index (χ3n) is 4.12. The van der Waals surface area contributed by atoms with Gasteiger partial charge in [-0.2, -0.15) is 0 Å². The second-order valence-electron chi connectivity index (χ2n) is 5.78. The topological polar surface area (TPSA) is 50.7 Å². The van der Waals surface area contributed by atoms with Crippen molar-refractivity contribution >= 4 is 0 Å². The lowest BCUT2D eigenvalue weighted by molar-refractivity contribution is 0.130. The van der Waals surface area contributed by atoms with Crippen molar-refractivity contribution in [2.24, 2.45) is 0 Å². The van der Waals surface area contributed by atoms with Gasteiger partial charge in [0.1, 0.15) is 17.3 Å². The highest BCUT2D eigenvalue weighted by molar-refractivity contribution is 5.31. The summed E-state index contributed by atoms with van der Waals surface area (Å²) in [5.41, 5.74) is 1.31. The van der Waals surface area contributed by atoms with Crippen molar-refractivity contribution in [1.82, 2.24) is 5.32 Å². The zero-order valence-corrected chi connectivity index (χ0v) is 14.4. The minimum absolute atomic E-state index is 0.251. The summed E-state index contributed by atoms with van der Waals surface area (Å²) >= 11 is 0. The molecule has 0 fully saturated rings. The van der Waals surface area contributed by atoms with Crippen molar-refractivity contribution in [3.05, 3.63) is 59.4 Å². The number of aliphatic hydroxyl groups is 1. The Labute approximate surface area is 142 Å². The molecular weight excluding hydrogens is 309 g/mol. The SMILES string of the molecule is COc1ccc(C(O)C(C)NC(C)c2ccc(OC)cc2F)cc1. The first-order valence-corrected chi connectivity index (χ1v) is 7.87. The van der Waals surface area contributed by atoms with Crippen molar-refractivity contribution in [3.63, 3.8) is 0 Å². The van der Waals surface area contributed by atoms with E-state index in [2.05, 4.69) is 5.32 Å². The molecule has 0 bridgehead atoms. The standard InChI is InChI=1S/C19H24FNO3/c1-12(17-10-9-16(24-4)11-18(17)20)21-13(2)19(22)14-5-7-15(23-3)8-6-14/h5-13,19,21-22H,1-4H3. The smallest absolute Gasteiger partial charge is 0.131 e. The highest BCUT2D eigenvalue weighted by Crippen LogP contribution is 2.25. The zero-order chi connectivity index (χ0) is 17.7. The fourth-order valence-corrected chi connectivity index (χ4v) is 2.65. The van der Waals surface area contributed by atoms with Gasteiger partial charge in [-0.15, -0.1) is 0 Å². The van der Waals surface area contributed by atoms with Crippen LogP contribution in [-0.4, -0.2) is 25.4 Å². The molecule has 3 unspecified atom stereocenters. The van der Waals surface area contributed by atoms with Gasteiger partial charge in [0, 0.05) is 23.7 Å². The number of methoxy groups -OCH3 is 2. The molecule has 4 nitrogen and oxygen atoms in total. The minimum atomic E-state index is -0.709. The predicted octanol–water partition coefficient (Wildman–Crippen LogP) is 3.62. The van der Waals surface area contributed by atoms with Gasteiger partial charge in [0.25, 0.3) is 0 Å². The lowest BCUT2D eigenvalue weighted by Crippen LogP contribution is -2.34. The fourth-order valence-electron chi connectivity index (χ4n) is 2.65. The molecule has 2 rings (SSSR count). The quantitative estimate of drug-likeness (QED) is 0.813. The number of nitrogens with one attached hydrogen (secondary N) is 1. The van der Waals surface area contributed by atoms with Gasteiger partial charge in [-0.1, -0.05) is 18.2 Å². The van der Waals surface area contributed by atoms with E-state index in [1.54, 1.807) is 31.4 Å².